The minimum atomic E-state index is -0.385. The van der Waals surface area contributed by atoms with Gasteiger partial charge in [-0.3, -0.25) is 4.79 Å². The molecular formula is C13H14ClN5OS. The summed E-state index contributed by atoms with van der Waals surface area (Å²) in [4.78, 5) is 24.4. The Kier molecular flexibility index (Phi) is 4.98. The Balaban J connectivity index is 2.00. The fourth-order valence-corrected chi connectivity index (χ4v) is 2.46. The van der Waals surface area contributed by atoms with E-state index in [1.807, 2.05) is 6.92 Å². The Morgan fingerprint density at radius 2 is 2.19 bits per heavy atom. The summed E-state index contributed by atoms with van der Waals surface area (Å²) in [5.74, 6) is 0.636. The second-order valence-electron chi connectivity index (χ2n) is 4.33. The standard InChI is InChI=1S/C13H14ClN5OS/c1-7-5-10(15)18-13(17-7)21-8(2)12(20)19-11-4-3-9(14)6-16-11/h3-6,8H,1-2H3,(H2,15,17,18)(H,16,19,20)/t8-/m0/s1. The van der Waals surface area contributed by atoms with Gasteiger partial charge < -0.3 is 11.1 Å². The zero-order valence-electron chi connectivity index (χ0n) is 11.5. The van der Waals surface area contributed by atoms with E-state index in [9.17, 15) is 4.79 Å². The molecule has 0 aliphatic heterocycles. The first-order valence-electron chi connectivity index (χ1n) is 6.14. The van der Waals surface area contributed by atoms with Gasteiger partial charge in [-0.25, -0.2) is 15.0 Å². The molecule has 2 heterocycles. The molecule has 0 spiro atoms. The number of halogens is 1. The first-order valence-corrected chi connectivity index (χ1v) is 7.40. The van der Waals surface area contributed by atoms with Crippen LogP contribution in [0, 0.1) is 6.92 Å². The molecule has 110 valence electrons. The molecule has 0 radical (unpaired) electrons. The Morgan fingerprint density at radius 1 is 1.43 bits per heavy atom. The summed E-state index contributed by atoms with van der Waals surface area (Å²) in [6, 6.07) is 4.97. The number of nitrogens with one attached hydrogen (secondary N) is 1. The van der Waals surface area contributed by atoms with Crippen LogP contribution in [0.2, 0.25) is 5.02 Å². The molecule has 2 aromatic heterocycles. The lowest BCUT2D eigenvalue weighted by molar-refractivity contribution is -0.115. The molecular weight excluding hydrogens is 310 g/mol. The molecule has 6 nitrogen and oxygen atoms in total. The van der Waals surface area contributed by atoms with Gasteiger partial charge in [0.15, 0.2) is 5.16 Å². The van der Waals surface area contributed by atoms with Gasteiger partial charge >= 0.3 is 0 Å². The number of carbonyl (C=O) groups excluding carboxylic acids is 1. The number of pyridine rings is 1. The summed E-state index contributed by atoms with van der Waals surface area (Å²) in [6.07, 6.45) is 1.47. The lowest BCUT2D eigenvalue weighted by Gasteiger charge is -2.11. The van der Waals surface area contributed by atoms with Crippen molar-refractivity contribution in [3.63, 3.8) is 0 Å². The highest BCUT2D eigenvalue weighted by molar-refractivity contribution is 8.00. The van der Waals surface area contributed by atoms with Crippen LogP contribution in [0.1, 0.15) is 12.6 Å². The predicted octanol–water partition coefficient (Wildman–Crippen LogP) is 2.53. The van der Waals surface area contributed by atoms with Crippen molar-refractivity contribution in [2.45, 2.75) is 24.3 Å². The number of thioether (sulfide) groups is 1. The fourth-order valence-electron chi connectivity index (χ4n) is 1.51. The number of nitrogens with zero attached hydrogens (tertiary/aromatic N) is 3. The second-order valence-corrected chi connectivity index (χ2v) is 6.07. The van der Waals surface area contributed by atoms with Crippen molar-refractivity contribution >= 4 is 40.9 Å². The zero-order valence-corrected chi connectivity index (χ0v) is 13.1. The lowest BCUT2D eigenvalue weighted by Crippen LogP contribution is -2.23. The summed E-state index contributed by atoms with van der Waals surface area (Å²) >= 11 is 6.97. The van der Waals surface area contributed by atoms with Gasteiger partial charge in [0.25, 0.3) is 0 Å². The van der Waals surface area contributed by atoms with Gasteiger partial charge in [0.05, 0.1) is 10.3 Å². The highest BCUT2D eigenvalue weighted by Gasteiger charge is 2.17. The Morgan fingerprint density at radius 3 is 2.81 bits per heavy atom. The van der Waals surface area contributed by atoms with E-state index in [1.165, 1.54) is 18.0 Å². The molecule has 0 saturated heterocycles. The van der Waals surface area contributed by atoms with Crippen LogP contribution in [0.25, 0.3) is 0 Å². The maximum atomic E-state index is 12.1. The summed E-state index contributed by atoms with van der Waals surface area (Å²) in [7, 11) is 0. The highest BCUT2D eigenvalue weighted by atomic mass is 35.5. The van der Waals surface area contributed by atoms with Gasteiger partial charge in [0, 0.05) is 18.0 Å². The number of amides is 1. The van der Waals surface area contributed by atoms with E-state index >= 15 is 0 Å². The van der Waals surface area contributed by atoms with Crippen LogP contribution < -0.4 is 11.1 Å². The van der Waals surface area contributed by atoms with E-state index < -0.39 is 0 Å². The topological polar surface area (TPSA) is 93.8 Å². The van der Waals surface area contributed by atoms with Gasteiger partial charge in [0.1, 0.15) is 11.6 Å². The summed E-state index contributed by atoms with van der Waals surface area (Å²) in [6.45, 7) is 3.59. The van der Waals surface area contributed by atoms with E-state index in [0.29, 0.717) is 21.8 Å². The third kappa shape index (κ3) is 4.57. The van der Waals surface area contributed by atoms with Gasteiger partial charge in [-0.15, -0.1) is 0 Å². The minimum Gasteiger partial charge on any atom is -0.384 e. The molecule has 0 saturated carbocycles. The number of aryl methyl sites for hydroxylation is 1. The average Bonchev–Trinajstić information content (AvgIpc) is 2.40. The maximum Gasteiger partial charge on any atom is 0.238 e. The number of anilines is 2. The van der Waals surface area contributed by atoms with Crippen LogP contribution in [-0.2, 0) is 4.79 Å². The minimum absolute atomic E-state index is 0.196. The van der Waals surface area contributed by atoms with Crippen LogP contribution in [0.3, 0.4) is 0 Å². The number of rotatable bonds is 4. The van der Waals surface area contributed by atoms with Gasteiger partial charge in [0.2, 0.25) is 5.91 Å². The van der Waals surface area contributed by atoms with Crippen LogP contribution in [-0.4, -0.2) is 26.1 Å². The molecule has 1 atom stereocenters. The van der Waals surface area contributed by atoms with E-state index in [1.54, 1.807) is 25.1 Å². The van der Waals surface area contributed by atoms with Crippen LogP contribution in [0.5, 0.6) is 0 Å². The molecule has 1 amide bonds. The molecule has 3 N–H and O–H groups in total. The Labute approximate surface area is 131 Å². The van der Waals surface area contributed by atoms with E-state index in [-0.39, 0.29) is 11.2 Å². The molecule has 8 heteroatoms. The van der Waals surface area contributed by atoms with Gasteiger partial charge in [-0.2, -0.15) is 0 Å². The molecule has 2 aromatic rings. The first kappa shape index (κ1) is 15.5. The van der Waals surface area contributed by atoms with Crippen molar-refractivity contribution in [2.75, 3.05) is 11.1 Å². The fraction of sp³-hybridized carbons (Fsp3) is 0.231. The first-order chi connectivity index (χ1) is 9.94. The molecule has 0 aliphatic rings. The number of nitrogens with two attached hydrogens (primary N) is 1. The lowest BCUT2D eigenvalue weighted by atomic mass is 10.4. The SMILES string of the molecule is Cc1cc(N)nc(S[C@@H](C)C(=O)Nc2ccc(Cl)cn2)n1. The maximum absolute atomic E-state index is 12.1. The van der Waals surface area contributed by atoms with E-state index in [4.69, 9.17) is 17.3 Å². The third-order valence-corrected chi connectivity index (χ3v) is 3.67. The highest BCUT2D eigenvalue weighted by Crippen LogP contribution is 2.22. The van der Waals surface area contributed by atoms with Crippen molar-refractivity contribution < 1.29 is 4.79 Å². The summed E-state index contributed by atoms with van der Waals surface area (Å²) < 4.78 is 0. The summed E-state index contributed by atoms with van der Waals surface area (Å²) in [5.41, 5.74) is 6.42. The molecule has 0 unspecified atom stereocenters. The number of carbonyl (C=O) groups is 1. The van der Waals surface area contributed by atoms with Crippen molar-refractivity contribution in [1.82, 2.24) is 15.0 Å². The number of hydrogen-bond donors (Lipinski definition) is 2. The monoisotopic (exact) mass is 323 g/mol. The van der Waals surface area contributed by atoms with Crippen LogP contribution in [0.15, 0.2) is 29.6 Å². The van der Waals surface area contributed by atoms with Crippen molar-refractivity contribution in [2.24, 2.45) is 0 Å². The Hall–Kier alpha value is -1.86. The Bertz CT molecular complexity index is 629. The van der Waals surface area contributed by atoms with E-state index in [0.717, 1.165) is 5.69 Å². The molecule has 0 aromatic carbocycles. The number of aromatic nitrogens is 3. The molecule has 0 fully saturated rings. The number of nitrogen functional groups attached to an aromatic ring is 1. The molecule has 0 aliphatic carbocycles. The van der Waals surface area contributed by atoms with Crippen molar-refractivity contribution in [3.05, 3.63) is 35.1 Å². The largest absolute Gasteiger partial charge is 0.384 e. The average molecular weight is 324 g/mol. The second kappa shape index (κ2) is 6.73. The quantitative estimate of drug-likeness (QED) is 0.663. The van der Waals surface area contributed by atoms with Crippen molar-refractivity contribution in [3.8, 4) is 0 Å². The zero-order chi connectivity index (χ0) is 15.4. The van der Waals surface area contributed by atoms with Gasteiger partial charge in [-0.1, -0.05) is 23.4 Å². The summed E-state index contributed by atoms with van der Waals surface area (Å²) in [5, 5.41) is 3.30. The van der Waals surface area contributed by atoms with E-state index in [2.05, 4.69) is 20.3 Å². The number of hydrogen-bond acceptors (Lipinski definition) is 6. The normalized spacial score (nSPS) is 12.0. The molecule has 21 heavy (non-hydrogen) atoms. The molecule has 2 rings (SSSR count). The van der Waals surface area contributed by atoms with Crippen LogP contribution in [0.4, 0.5) is 11.6 Å². The van der Waals surface area contributed by atoms with Crippen LogP contribution >= 0.6 is 23.4 Å². The predicted molar refractivity (Wildman–Crippen MR) is 84.4 cm³/mol. The van der Waals surface area contributed by atoms with Crippen molar-refractivity contribution in [1.29, 1.82) is 0 Å². The molecule has 0 bridgehead atoms. The third-order valence-electron chi connectivity index (χ3n) is 2.48. The van der Waals surface area contributed by atoms with Gasteiger partial charge in [-0.05, 0) is 26.0 Å². The smallest absolute Gasteiger partial charge is 0.238 e.